The summed E-state index contributed by atoms with van der Waals surface area (Å²) >= 11 is 0. The molecule has 0 saturated carbocycles. The first-order valence-electron chi connectivity index (χ1n) is 8.40. The Kier molecular flexibility index (Phi) is 11.1. The minimum absolute atomic E-state index is 0. The molecule has 0 radical (unpaired) electrons. The first-order valence-corrected chi connectivity index (χ1v) is 8.40. The molecule has 0 amide bonds. The SMILES string of the molecule is CCNC(=NCC1CN(C)CCO1)NCCN1CCOCC1.I. The van der Waals surface area contributed by atoms with Crippen molar-refractivity contribution in [2.45, 2.75) is 13.0 Å². The van der Waals surface area contributed by atoms with Crippen LogP contribution in [0, 0.1) is 0 Å². The van der Waals surface area contributed by atoms with Gasteiger partial charge < -0.3 is 25.0 Å². The van der Waals surface area contributed by atoms with Gasteiger partial charge in [-0.3, -0.25) is 9.89 Å². The molecule has 0 bridgehead atoms. The van der Waals surface area contributed by atoms with E-state index in [1.165, 1.54) is 0 Å². The van der Waals surface area contributed by atoms with Gasteiger partial charge in [0.05, 0.1) is 32.5 Å². The number of likely N-dealkylation sites (N-methyl/N-ethyl adjacent to an activating group) is 1. The van der Waals surface area contributed by atoms with Crippen molar-refractivity contribution in [3.63, 3.8) is 0 Å². The summed E-state index contributed by atoms with van der Waals surface area (Å²) in [5, 5.41) is 6.70. The molecular weight excluding hydrogens is 409 g/mol. The lowest BCUT2D eigenvalue weighted by atomic mass is 10.3. The quantitative estimate of drug-likeness (QED) is 0.339. The molecule has 23 heavy (non-hydrogen) atoms. The number of rotatable bonds is 6. The lowest BCUT2D eigenvalue weighted by Crippen LogP contribution is -2.45. The monoisotopic (exact) mass is 441 g/mol. The van der Waals surface area contributed by atoms with E-state index in [-0.39, 0.29) is 30.1 Å². The van der Waals surface area contributed by atoms with Crippen molar-refractivity contribution in [3.8, 4) is 0 Å². The van der Waals surface area contributed by atoms with E-state index in [9.17, 15) is 0 Å². The Morgan fingerprint density at radius 1 is 1.17 bits per heavy atom. The highest BCUT2D eigenvalue weighted by Crippen LogP contribution is 2.03. The van der Waals surface area contributed by atoms with E-state index in [2.05, 4.69) is 39.4 Å². The number of hydrogen-bond acceptors (Lipinski definition) is 5. The van der Waals surface area contributed by atoms with Crippen LogP contribution < -0.4 is 10.6 Å². The smallest absolute Gasteiger partial charge is 0.191 e. The minimum atomic E-state index is 0. The largest absolute Gasteiger partial charge is 0.379 e. The Labute approximate surface area is 157 Å². The van der Waals surface area contributed by atoms with Crippen molar-refractivity contribution in [1.29, 1.82) is 0 Å². The molecule has 2 aliphatic heterocycles. The molecule has 0 aromatic heterocycles. The third-order valence-electron chi connectivity index (χ3n) is 3.96. The number of hydrogen-bond donors (Lipinski definition) is 2. The minimum Gasteiger partial charge on any atom is -0.379 e. The van der Waals surface area contributed by atoms with Gasteiger partial charge >= 0.3 is 0 Å². The predicted molar refractivity (Wildman–Crippen MR) is 104 cm³/mol. The normalized spacial score (nSPS) is 24.1. The van der Waals surface area contributed by atoms with Gasteiger partial charge in [-0.2, -0.15) is 0 Å². The molecule has 136 valence electrons. The zero-order valence-corrected chi connectivity index (χ0v) is 16.8. The molecule has 0 aliphatic carbocycles. The van der Waals surface area contributed by atoms with Crippen LogP contribution in [0.5, 0.6) is 0 Å². The number of aliphatic imine (C=N–C) groups is 1. The van der Waals surface area contributed by atoms with Crippen LogP contribution in [-0.4, -0.2) is 101 Å². The zero-order chi connectivity index (χ0) is 15.6. The average molecular weight is 441 g/mol. The number of halogens is 1. The Hall–Kier alpha value is -0.160. The lowest BCUT2D eigenvalue weighted by molar-refractivity contribution is -0.0136. The van der Waals surface area contributed by atoms with Gasteiger partial charge in [-0.05, 0) is 14.0 Å². The lowest BCUT2D eigenvalue weighted by Gasteiger charge is -2.29. The molecule has 1 unspecified atom stereocenters. The molecular formula is C15H32IN5O2. The summed E-state index contributed by atoms with van der Waals surface area (Å²) < 4.78 is 11.1. The fraction of sp³-hybridized carbons (Fsp3) is 0.933. The zero-order valence-electron chi connectivity index (χ0n) is 14.4. The molecule has 2 rings (SSSR count). The summed E-state index contributed by atoms with van der Waals surface area (Å²) in [5.74, 6) is 0.882. The fourth-order valence-electron chi connectivity index (χ4n) is 2.67. The second kappa shape index (κ2) is 12.2. The third kappa shape index (κ3) is 8.48. The summed E-state index contributed by atoms with van der Waals surface area (Å²) in [6.45, 7) is 12.1. The molecule has 7 nitrogen and oxygen atoms in total. The van der Waals surface area contributed by atoms with Crippen LogP contribution in [0.15, 0.2) is 4.99 Å². The molecule has 0 spiro atoms. The van der Waals surface area contributed by atoms with Gasteiger partial charge in [0.15, 0.2) is 5.96 Å². The van der Waals surface area contributed by atoms with Gasteiger partial charge in [-0.25, -0.2) is 0 Å². The van der Waals surface area contributed by atoms with Crippen molar-refractivity contribution in [2.24, 2.45) is 4.99 Å². The average Bonchev–Trinajstić information content (AvgIpc) is 2.54. The topological polar surface area (TPSA) is 61.4 Å². The molecule has 0 aromatic carbocycles. The maximum absolute atomic E-state index is 5.75. The van der Waals surface area contributed by atoms with Crippen LogP contribution in [0.4, 0.5) is 0 Å². The van der Waals surface area contributed by atoms with E-state index in [0.29, 0.717) is 6.54 Å². The Morgan fingerprint density at radius 3 is 2.65 bits per heavy atom. The van der Waals surface area contributed by atoms with E-state index in [0.717, 1.165) is 71.6 Å². The standard InChI is InChI=1S/C15H31N5O2.HI/c1-3-16-15(17-4-5-20-7-9-21-10-8-20)18-12-14-13-19(2)6-11-22-14;/h14H,3-13H2,1-2H3,(H2,16,17,18);1H. The highest BCUT2D eigenvalue weighted by atomic mass is 127. The Bertz CT molecular complexity index is 340. The van der Waals surface area contributed by atoms with Gasteiger partial charge in [0, 0.05) is 45.8 Å². The van der Waals surface area contributed by atoms with Crippen LogP contribution in [0.25, 0.3) is 0 Å². The highest BCUT2D eigenvalue weighted by Gasteiger charge is 2.17. The van der Waals surface area contributed by atoms with Crippen molar-refractivity contribution >= 4 is 29.9 Å². The maximum Gasteiger partial charge on any atom is 0.191 e. The van der Waals surface area contributed by atoms with Crippen LogP contribution in [0.1, 0.15) is 6.92 Å². The molecule has 2 aliphatic rings. The van der Waals surface area contributed by atoms with Crippen LogP contribution in [0.3, 0.4) is 0 Å². The van der Waals surface area contributed by atoms with Crippen molar-refractivity contribution < 1.29 is 9.47 Å². The van der Waals surface area contributed by atoms with Gasteiger partial charge in [-0.1, -0.05) is 0 Å². The summed E-state index contributed by atoms with van der Waals surface area (Å²) in [7, 11) is 2.13. The van der Waals surface area contributed by atoms with Crippen molar-refractivity contribution in [3.05, 3.63) is 0 Å². The number of nitrogens with one attached hydrogen (secondary N) is 2. The van der Waals surface area contributed by atoms with E-state index >= 15 is 0 Å². The number of morpholine rings is 2. The van der Waals surface area contributed by atoms with Crippen molar-refractivity contribution in [2.75, 3.05) is 79.2 Å². The van der Waals surface area contributed by atoms with Gasteiger partial charge in [0.1, 0.15) is 0 Å². The Morgan fingerprint density at radius 2 is 1.96 bits per heavy atom. The summed E-state index contributed by atoms with van der Waals surface area (Å²) in [4.78, 5) is 9.36. The van der Waals surface area contributed by atoms with E-state index in [1.54, 1.807) is 0 Å². The van der Waals surface area contributed by atoms with Crippen molar-refractivity contribution in [1.82, 2.24) is 20.4 Å². The molecule has 2 N–H and O–H groups in total. The summed E-state index contributed by atoms with van der Waals surface area (Å²) in [5.41, 5.74) is 0. The predicted octanol–water partition coefficient (Wildman–Crippen LogP) is -0.178. The molecule has 2 heterocycles. The molecule has 8 heteroatoms. The van der Waals surface area contributed by atoms with E-state index < -0.39 is 0 Å². The fourth-order valence-corrected chi connectivity index (χ4v) is 2.67. The maximum atomic E-state index is 5.75. The molecule has 0 aromatic rings. The number of ether oxygens (including phenoxy) is 2. The molecule has 1 atom stereocenters. The van der Waals surface area contributed by atoms with Gasteiger partial charge in [0.25, 0.3) is 0 Å². The molecule has 2 saturated heterocycles. The first-order chi connectivity index (χ1) is 10.8. The summed E-state index contributed by atoms with van der Waals surface area (Å²) in [6, 6.07) is 0. The second-order valence-electron chi connectivity index (χ2n) is 5.86. The van der Waals surface area contributed by atoms with Crippen LogP contribution >= 0.6 is 24.0 Å². The summed E-state index contributed by atoms with van der Waals surface area (Å²) in [6.07, 6.45) is 0.202. The van der Waals surface area contributed by atoms with Gasteiger partial charge in [0.2, 0.25) is 0 Å². The first kappa shape index (κ1) is 20.9. The van der Waals surface area contributed by atoms with Gasteiger partial charge in [-0.15, -0.1) is 24.0 Å². The van der Waals surface area contributed by atoms with Crippen LogP contribution in [-0.2, 0) is 9.47 Å². The Balaban J connectivity index is 0.00000264. The molecule has 2 fully saturated rings. The van der Waals surface area contributed by atoms with E-state index in [1.807, 2.05) is 0 Å². The number of guanidine groups is 1. The van der Waals surface area contributed by atoms with E-state index in [4.69, 9.17) is 9.47 Å². The highest BCUT2D eigenvalue weighted by molar-refractivity contribution is 14.0. The number of nitrogens with zero attached hydrogens (tertiary/aromatic N) is 3. The third-order valence-corrected chi connectivity index (χ3v) is 3.96. The van der Waals surface area contributed by atoms with Crippen LogP contribution in [0.2, 0.25) is 0 Å². The second-order valence-corrected chi connectivity index (χ2v) is 5.86.